The zero-order valence-corrected chi connectivity index (χ0v) is 11.1. The number of hydrogen-bond acceptors (Lipinski definition) is 3. The smallest absolute Gasteiger partial charge is 0.372 e. The van der Waals surface area contributed by atoms with Crippen LogP contribution in [0.5, 0.6) is 0 Å². The van der Waals surface area contributed by atoms with Crippen LogP contribution in [-0.4, -0.2) is 23.1 Å². The highest BCUT2D eigenvalue weighted by Gasteiger charge is 2.37. The van der Waals surface area contributed by atoms with Crippen LogP contribution in [0.3, 0.4) is 0 Å². The Morgan fingerprint density at radius 2 is 1.85 bits per heavy atom. The molecule has 0 spiro atoms. The lowest BCUT2D eigenvalue weighted by Gasteiger charge is -2.40. The predicted octanol–water partition coefficient (Wildman–Crippen LogP) is 3.39. The molecule has 98 valence electrons. The molecule has 0 atom stereocenters. The van der Waals surface area contributed by atoms with E-state index in [2.05, 4.69) is 31.8 Å². The van der Waals surface area contributed by atoms with E-state index >= 15 is 0 Å². The van der Waals surface area contributed by atoms with Gasteiger partial charge in [0, 0.05) is 24.6 Å². The first kappa shape index (κ1) is 11.4. The summed E-state index contributed by atoms with van der Waals surface area (Å²) in [7, 11) is 0. The fourth-order valence-electron chi connectivity index (χ4n) is 3.28. The number of rotatable bonds is 1. The Balaban J connectivity index is 1.99. The van der Waals surface area contributed by atoms with Gasteiger partial charge in [-0.2, -0.15) is 4.98 Å². The van der Waals surface area contributed by atoms with E-state index in [0.29, 0.717) is 5.92 Å². The van der Waals surface area contributed by atoms with E-state index < -0.39 is 0 Å². The summed E-state index contributed by atoms with van der Waals surface area (Å²) in [6.07, 6.45) is 2.30. The van der Waals surface area contributed by atoms with Crippen molar-refractivity contribution in [3.8, 4) is 11.3 Å². The third-order valence-corrected chi connectivity index (χ3v) is 4.24. The summed E-state index contributed by atoms with van der Waals surface area (Å²) >= 11 is 0. The van der Waals surface area contributed by atoms with Gasteiger partial charge in [0.25, 0.3) is 0 Å². The Morgan fingerprint density at radius 1 is 1.10 bits per heavy atom. The maximum absolute atomic E-state index is 7.24. The average molecular weight is 262 g/mol. The summed E-state index contributed by atoms with van der Waals surface area (Å²) in [5.41, 5.74) is 4.24. The van der Waals surface area contributed by atoms with E-state index in [1.54, 1.807) is 0 Å². The van der Waals surface area contributed by atoms with Gasteiger partial charge in [-0.15, -0.1) is 11.6 Å². The molecule has 1 aromatic carbocycles. The van der Waals surface area contributed by atoms with Crippen molar-refractivity contribution in [2.24, 2.45) is 0 Å². The fraction of sp³-hybridized carbons (Fsp3) is 0.312. The predicted molar refractivity (Wildman–Crippen MR) is 77.9 cm³/mol. The lowest BCUT2D eigenvalue weighted by Crippen LogP contribution is -2.39. The van der Waals surface area contributed by atoms with Crippen LogP contribution in [0.15, 0.2) is 30.3 Å². The number of anilines is 1. The largest absolute Gasteiger partial charge is 0.394 e. The SMILES string of the molecule is [C-]#[N+]c1nc(-c2ccccc2)c2c(n1)C1CCN2CC1. The van der Waals surface area contributed by atoms with Crippen LogP contribution in [0.1, 0.15) is 24.5 Å². The van der Waals surface area contributed by atoms with Crippen LogP contribution in [0.2, 0.25) is 0 Å². The molecule has 3 aliphatic rings. The molecule has 1 fully saturated rings. The quantitative estimate of drug-likeness (QED) is 0.739. The molecule has 0 unspecified atom stereocenters. The zero-order chi connectivity index (χ0) is 13.5. The molecule has 0 N–H and O–H groups in total. The van der Waals surface area contributed by atoms with Gasteiger partial charge < -0.3 is 9.74 Å². The second kappa shape index (κ2) is 4.31. The topological polar surface area (TPSA) is 33.4 Å². The molecule has 2 aromatic rings. The van der Waals surface area contributed by atoms with E-state index in [1.807, 2.05) is 18.2 Å². The molecule has 1 aromatic heterocycles. The molecular weight excluding hydrogens is 248 g/mol. The Kier molecular flexibility index (Phi) is 2.46. The van der Waals surface area contributed by atoms with Crippen LogP contribution < -0.4 is 4.90 Å². The van der Waals surface area contributed by atoms with Crippen molar-refractivity contribution in [1.29, 1.82) is 0 Å². The number of fused-ring (bicyclic) bond motifs is 2. The van der Waals surface area contributed by atoms with Gasteiger partial charge >= 0.3 is 5.95 Å². The highest BCUT2D eigenvalue weighted by Crippen LogP contribution is 2.45. The summed E-state index contributed by atoms with van der Waals surface area (Å²) in [5, 5.41) is 0. The van der Waals surface area contributed by atoms with Crippen LogP contribution >= 0.6 is 0 Å². The van der Waals surface area contributed by atoms with E-state index in [4.69, 9.17) is 6.57 Å². The number of benzene rings is 1. The Bertz CT molecular complexity index is 694. The lowest BCUT2D eigenvalue weighted by molar-refractivity contribution is 0.464. The first-order valence-corrected chi connectivity index (χ1v) is 6.96. The van der Waals surface area contributed by atoms with Crippen LogP contribution in [0.25, 0.3) is 16.1 Å². The summed E-state index contributed by atoms with van der Waals surface area (Å²) in [4.78, 5) is 14.8. The molecule has 0 radical (unpaired) electrons. The maximum Gasteiger partial charge on any atom is 0.372 e. The molecule has 2 bridgehead atoms. The molecule has 4 heteroatoms. The van der Waals surface area contributed by atoms with Crippen LogP contribution in [0, 0.1) is 6.57 Å². The molecule has 0 saturated carbocycles. The summed E-state index contributed by atoms with van der Waals surface area (Å²) < 4.78 is 0. The number of aromatic nitrogens is 2. The molecule has 0 amide bonds. The molecule has 4 heterocycles. The highest BCUT2D eigenvalue weighted by molar-refractivity contribution is 5.79. The van der Waals surface area contributed by atoms with Crippen molar-refractivity contribution in [3.63, 3.8) is 0 Å². The van der Waals surface area contributed by atoms with Crippen LogP contribution in [0.4, 0.5) is 11.6 Å². The third-order valence-electron chi connectivity index (χ3n) is 4.24. The monoisotopic (exact) mass is 262 g/mol. The Hall–Kier alpha value is -2.41. The van der Waals surface area contributed by atoms with Crippen molar-refractivity contribution >= 4 is 11.6 Å². The Labute approximate surface area is 117 Å². The molecule has 4 nitrogen and oxygen atoms in total. The van der Waals surface area contributed by atoms with Gasteiger partial charge in [-0.05, 0) is 12.8 Å². The van der Waals surface area contributed by atoms with Gasteiger partial charge in [-0.25, -0.2) is 0 Å². The van der Waals surface area contributed by atoms with Gasteiger partial charge in [0.05, 0.1) is 0 Å². The van der Waals surface area contributed by atoms with Crippen molar-refractivity contribution in [2.75, 3.05) is 18.0 Å². The minimum atomic E-state index is 0.274. The third kappa shape index (κ3) is 1.60. The normalized spacial score (nSPS) is 16.9. The molecule has 3 aliphatic heterocycles. The van der Waals surface area contributed by atoms with Crippen molar-refractivity contribution in [1.82, 2.24) is 9.97 Å². The van der Waals surface area contributed by atoms with E-state index in [-0.39, 0.29) is 5.95 Å². The number of piperidine rings is 1. The maximum atomic E-state index is 7.24. The first-order valence-electron chi connectivity index (χ1n) is 6.96. The van der Waals surface area contributed by atoms with E-state index in [0.717, 1.165) is 48.6 Å². The number of nitrogens with zero attached hydrogens (tertiary/aromatic N) is 4. The molecule has 1 saturated heterocycles. The van der Waals surface area contributed by atoms with Gasteiger partial charge in [0.15, 0.2) is 5.69 Å². The van der Waals surface area contributed by atoms with Crippen molar-refractivity contribution in [3.05, 3.63) is 47.4 Å². The van der Waals surface area contributed by atoms with Crippen molar-refractivity contribution in [2.45, 2.75) is 18.8 Å². The average Bonchev–Trinajstić information content (AvgIpc) is 2.55. The summed E-state index contributed by atoms with van der Waals surface area (Å²) in [6, 6.07) is 10.1. The van der Waals surface area contributed by atoms with Crippen LogP contribution in [-0.2, 0) is 0 Å². The zero-order valence-electron chi connectivity index (χ0n) is 11.1. The number of hydrogen-bond donors (Lipinski definition) is 0. The minimum Gasteiger partial charge on any atom is -0.394 e. The second-order valence-electron chi connectivity index (χ2n) is 5.35. The lowest BCUT2D eigenvalue weighted by atomic mass is 9.85. The van der Waals surface area contributed by atoms with Gasteiger partial charge in [0.1, 0.15) is 11.4 Å². The highest BCUT2D eigenvalue weighted by atomic mass is 15.2. The molecule has 5 rings (SSSR count). The second-order valence-corrected chi connectivity index (χ2v) is 5.35. The van der Waals surface area contributed by atoms with Gasteiger partial charge in [-0.3, -0.25) is 0 Å². The van der Waals surface area contributed by atoms with Crippen molar-refractivity contribution < 1.29 is 0 Å². The van der Waals surface area contributed by atoms with E-state index in [9.17, 15) is 0 Å². The molecule has 0 aliphatic carbocycles. The summed E-state index contributed by atoms with van der Waals surface area (Å²) in [6.45, 7) is 9.40. The van der Waals surface area contributed by atoms with E-state index in [1.165, 1.54) is 0 Å². The fourth-order valence-corrected chi connectivity index (χ4v) is 3.28. The molecular formula is C16H14N4. The Morgan fingerprint density at radius 3 is 2.55 bits per heavy atom. The standard InChI is InChI=1S/C16H14N4/c1-17-16-18-13(11-5-3-2-4-6-11)15-14(19-16)12-7-9-20(15)10-8-12/h2-6,12H,7-10H2. The minimum absolute atomic E-state index is 0.274. The molecule has 20 heavy (non-hydrogen) atoms. The summed E-state index contributed by atoms with van der Waals surface area (Å²) in [5.74, 6) is 0.775. The first-order chi connectivity index (χ1) is 9.86. The van der Waals surface area contributed by atoms with Gasteiger partial charge in [0.2, 0.25) is 0 Å². The van der Waals surface area contributed by atoms with Gasteiger partial charge in [-0.1, -0.05) is 30.3 Å².